The number of carbonyl (C=O) groups excluding carboxylic acids is 2. The highest BCUT2D eigenvalue weighted by atomic mass is 79.9. The van der Waals surface area contributed by atoms with Gasteiger partial charge in [0.2, 0.25) is 0 Å². The van der Waals surface area contributed by atoms with E-state index in [1.165, 1.54) is 0 Å². The molecule has 0 bridgehead atoms. The highest BCUT2D eigenvalue weighted by Gasteiger charge is 2.21. The maximum absolute atomic E-state index is 11.3. The van der Waals surface area contributed by atoms with Crippen LogP contribution in [0.3, 0.4) is 0 Å². The van der Waals surface area contributed by atoms with Crippen LogP contribution in [0.4, 0.5) is 10.6 Å². The van der Waals surface area contributed by atoms with Crippen LogP contribution in [-0.2, 0) is 9.53 Å². The molecule has 0 aliphatic carbocycles. The minimum Gasteiger partial charge on any atom is -0.439 e. The number of anilines is 1. The molecule has 2 amide bonds. The molecule has 0 unspecified atom stereocenters. The minimum atomic E-state index is -0.659. The van der Waals surface area contributed by atoms with Gasteiger partial charge in [-0.05, 0) is 53.2 Å². The Morgan fingerprint density at radius 3 is 2.83 bits per heavy atom. The number of ether oxygens (including phenoxy) is 1. The fourth-order valence-electron chi connectivity index (χ4n) is 2.61. The van der Waals surface area contributed by atoms with E-state index in [1.807, 2.05) is 12.1 Å². The first-order chi connectivity index (χ1) is 11.1. The van der Waals surface area contributed by atoms with Crippen molar-refractivity contribution in [1.29, 1.82) is 0 Å². The zero-order valence-electron chi connectivity index (χ0n) is 12.8. The standard InChI is InChI=1S/C15H21BrN4O3/c16-12-2-1-6-18-14(12)20-8-4-11(5-9-20)3-7-19-15(22)23-10-13(17)21/h1-2,6,11H,3-5,7-10H2,(H2,17,21)(H,19,22). The Morgan fingerprint density at radius 2 is 2.17 bits per heavy atom. The summed E-state index contributed by atoms with van der Waals surface area (Å²) in [4.78, 5) is 28.5. The van der Waals surface area contributed by atoms with Gasteiger partial charge >= 0.3 is 6.09 Å². The molecule has 1 aliphatic heterocycles. The second-order valence-corrected chi connectivity index (χ2v) is 6.35. The van der Waals surface area contributed by atoms with Gasteiger partial charge in [-0.2, -0.15) is 0 Å². The van der Waals surface area contributed by atoms with Gasteiger partial charge in [0.15, 0.2) is 6.61 Å². The van der Waals surface area contributed by atoms with Gasteiger partial charge in [0.1, 0.15) is 5.82 Å². The monoisotopic (exact) mass is 384 g/mol. The molecule has 3 N–H and O–H groups in total. The molecule has 1 aliphatic rings. The van der Waals surface area contributed by atoms with Crippen molar-refractivity contribution in [1.82, 2.24) is 10.3 Å². The molecule has 1 saturated heterocycles. The molecule has 1 aromatic heterocycles. The Kier molecular flexibility index (Phi) is 6.64. The van der Waals surface area contributed by atoms with Crippen LogP contribution in [0.5, 0.6) is 0 Å². The molecule has 126 valence electrons. The summed E-state index contributed by atoms with van der Waals surface area (Å²) in [6.45, 7) is 2.05. The molecule has 1 fully saturated rings. The number of piperidine rings is 1. The van der Waals surface area contributed by atoms with Crippen molar-refractivity contribution in [2.24, 2.45) is 11.7 Å². The van der Waals surface area contributed by atoms with Crippen LogP contribution in [0.25, 0.3) is 0 Å². The van der Waals surface area contributed by atoms with E-state index in [-0.39, 0.29) is 6.61 Å². The molecule has 0 aromatic carbocycles. The fraction of sp³-hybridized carbons (Fsp3) is 0.533. The number of alkyl carbamates (subject to hydrolysis) is 1. The summed E-state index contributed by atoms with van der Waals surface area (Å²) in [6.07, 6.45) is 4.21. The van der Waals surface area contributed by atoms with Gasteiger partial charge in [-0.3, -0.25) is 4.79 Å². The number of amides is 2. The second-order valence-electron chi connectivity index (χ2n) is 5.50. The number of pyridine rings is 1. The first-order valence-electron chi connectivity index (χ1n) is 7.60. The number of aromatic nitrogens is 1. The number of carbonyl (C=O) groups is 2. The molecule has 1 aromatic rings. The number of nitrogens with one attached hydrogen (secondary N) is 1. The fourth-order valence-corrected chi connectivity index (χ4v) is 3.12. The molecule has 2 heterocycles. The molecule has 23 heavy (non-hydrogen) atoms. The number of hydrogen-bond acceptors (Lipinski definition) is 5. The molecule has 2 rings (SSSR count). The van der Waals surface area contributed by atoms with Crippen molar-refractivity contribution in [3.63, 3.8) is 0 Å². The highest BCUT2D eigenvalue weighted by molar-refractivity contribution is 9.10. The smallest absolute Gasteiger partial charge is 0.407 e. The van der Waals surface area contributed by atoms with Crippen LogP contribution in [0.2, 0.25) is 0 Å². The van der Waals surface area contributed by atoms with E-state index in [0.717, 1.165) is 42.6 Å². The number of nitrogens with two attached hydrogens (primary N) is 1. The van der Waals surface area contributed by atoms with Gasteiger partial charge in [0.05, 0.1) is 4.47 Å². The Bertz CT molecular complexity index is 547. The normalized spacial score (nSPS) is 15.3. The lowest BCUT2D eigenvalue weighted by Gasteiger charge is -2.33. The molecule has 0 atom stereocenters. The van der Waals surface area contributed by atoms with Crippen molar-refractivity contribution in [3.8, 4) is 0 Å². The Morgan fingerprint density at radius 1 is 1.43 bits per heavy atom. The van der Waals surface area contributed by atoms with Crippen molar-refractivity contribution in [2.45, 2.75) is 19.3 Å². The number of hydrogen-bond donors (Lipinski definition) is 2. The van der Waals surface area contributed by atoms with E-state index in [0.29, 0.717) is 12.5 Å². The summed E-state index contributed by atoms with van der Waals surface area (Å²) in [7, 11) is 0. The van der Waals surface area contributed by atoms with Gasteiger partial charge in [-0.15, -0.1) is 0 Å². The number of nitrogens with zero attached hydrogens (tertiary/aromatic N) is 2. The highest BCUT2D eigenvalue weighted by Crippen LogP contribution is 2.28. The molecule has 0 spiro atoms. The lowest BCUT2D eigenvalue weighted by molar-refractivity contribution is -0.120. The largest absolute Gasteiger partial charge is 0.439 e. The average molecular weight is 385 g/mol. The summed E-state index contributed by atoms with van der Waals surface area (Å²) in [5.74, 6) is 0.887. The number of rotatable bonds is 6. The van der Waals surface area contributed by atoms with Crippen molar-refractivity contribution in [3.05, 3.63) is 22.8 Å². The van der Waals surface area contributed by atoms with Gasteiger partial charge in [0, 0.05) is 25.8 Å². The Hall–Kier alpha value is -1.83. The second kappa shape index (κ2) is 8.71. The van der Waals surface area contributed by atoms with Crippen molar-refractivity contribution < 1.29 is 14.3 Å². The maximum Gasteiger partial charge on any atom is 0.407 e. The van der Waals surface area contributed by atoms with E-state index < -0.39 is 12.0 Å². The maximum atomic E-state index is 11.3. The zero-order valence-corrected chi connectivity index (χ0v) is 14.4. The van der Waals surface area contributed by atoms with Crippen LogP contribution >= 0.6 is 15.9 Å². The number of primary amides is 1. The lowest BCUT2D eigenvalue weighted by atomic mass is 9.93. The van der Waals surface area contributed by atoms with Crippen LogP contribution < -0.4 is 16.0 Å². The summed E-state index contributed by atoms with van der Waals surface area (Å²) >= 11 is 3.53. The Balaban J connectivity index is 1.66. The van der Waals surface area contributed by atoms with E-state index >= 15 is 0 Å². The van der Waals surface area contributed by atoms with Crippen molar-refractivity contribution >= 4 is 33.7 Å². The third kappa shape index (κ3) is 5.70. The summed E-state index contributed by atoms with van der Waals surface area (Å²) in [5, 5.41) is 2.63. The summed E-state index contributed by atoms with van der Waals surface area (Å²) in [5.41, 5.74) is 4.90. The third-order valence-corrected chi connectivity index (χ3v) is 4.44. The van der Waals surface area contributed by atoms with Gasteiger partial charge in [-0.1, -0.05) is 0 Å². The van der Waals surface area contributed by atoms with Gasteiger partial charge in [0.25, 0.3) is 5.91 Å². The number of halogens is 1. The molecule has 8 heteroatoms. The average Bonchev–Trinajstić information content (AvgIpc) is 2.54. The predicted octanol–water partition coefficient (Wildman–Crippen LogP) is 1.66. The molecular weight excluding hydrogens is 364 g/mol. The SMILES string of the molecule is NC(=O)COC(=O)NCCC1CCN(c2ncccc2Br)CC1. The summed E-state index contributed by atoms with van der Waals surface area (Å²) < 4.78 is 5.65. The van der Waals surface area contributed by atoms with Gasteiger partial charge < -0.3 is 20.7 Å². The van der Waals surface area contributed by atoms with E-state index in [4.69, 9.17) is 5.73 Å². The lowest BCUT2D eigenvalue weighted by Crippen LogP contribution is -2.36. The first-order valence-corrected chi connectivity index (χ1v) is 8.40. The predicted molar refractivity (Wildman–Crippen MR) is 90.0 cm³/mol. The molecule has 0 radical (unpaired) electrons. The van der Waals surface area contributed by atoms with Gasteiger partial charge in [-0.25, -0.2) is 9.78 Å². The van der Waals surface area contributed by atoms with Crippen LogP contribution in [-0.4, -0.2) is 43.2 Å². The Labute approximate surface area is 143 Å². The minimum absolute atomic E-state index is 0.386. The van der Waals surface area contributed by atoms with E-state index in [2.05, 4.69) is 35.9 Å². The molecular formula is C15H21BrN4O3. The summed E-state index contributed by atoms with van der Waals surface area (Å²) in [6, 6.07) is 3.90. The molecule has 0 saturated carbocycles. The van der Waals surface area contributed by atoms with E-state index in [1.54, 1.807) is 6.20 Å². The van der Waals surface area contributed by atoms with Crippen LogP contribution in [0.15, 0.2) is 22.8 Å². The van der Waals surface area contributed by atoms with E-state index in [9.17, 15) is 9.59 Å². The topological polar surface area (TPSA) is 97.6 Å². The zero-order chi connectivity index (χ0) is 16.7. The quantitative estimate of drug-likeness (QED) is 0.776. The van der Waals surface area contributed by atoms with Crippen LogP contribution in [0.1, 0.15) is 19.3 Å². The first kappa shape index (κ1) is 17.5. The van der Waals surface area contributed by atoms with Crippen LogP contribution in [0, 0.1) is 5.92 Å². The molecule has 7 nitrogen and oxygen atoms in total. The van der Waals surface area contributed by atoms with Crippen molar-refractivity contribution in [2.75, 3.05) is 31.1 Å². The third-order valence-electron chi connectivity index (χ3n) is 3.82.